The summed E-state index contributed by atoms with van der Waals surface area (Å²) in [5, 5.41) is 44.0. The van der Waals surface area contributed by atoms with E-state index >= 15 is 0 Å². The van der Waals surface area contributed by atoms with Crippen molar-refractivity contribution in [3.8, 4) is 0 Å². The number of aromatic nitrogens is 2. The molecule has 1 fully saturated rings. The summed E-state index contributed by atoms with van der Waals surface area (Å²) in [5.74, 6) is -3.76. The molecule has 222 valence electrons. The van der Waals surface area contributed by atoms with Crippen molar-refractivity contribution in [1.82, 2.24) is 9.55 Å². The Morgan fingerprint density at radius 1 is 1.15 bits per heavy atom. The van der Waals surface area contributed by atoms with Crippen LogP contribution in [0.1, 0.15) is 11.8 Å². The van der Waals surface area contributed by atoms with Gasteiger partial charge in [0, 0.05) is 30.3 Å². The number of carbonyl (C=O) groups excluding carboxylic acids is 2. The number of H-pyrrole nitrogens is 1. The van der Waals surface area contributed by atoms with Crippen LogP contribution in [0.15, 0.2) is 58.0 Å². The van der Waals surface area contributed by atoms with Crippen LogP contribution in [0.4, 0.5) is 10.1 Å². The molecule has 2 aliphatic heterocycles. The standard InChI is InChI=1S/C25H29FN4O11/c26-7-5-11-1-3-12(4-2-11)28-22(37)15-9-14(32)18(35)24(39-15)41-20(21(27)36)19-13(10-31)17(34)23(40-19)30-8-6-16(33)29-25(30)38/h1-4,6,8-9,13-14,17-20,23-24,31-32,34-35H,5,7,10H2,(H2,27,36)(H,28,37)(H,29,33,38)/t13-,14-,17+,18-,19-,20+,23+,24+/m0/s1. The summed E-state index contributed by atoms with van der Waals surface area (Å²) in [4.78, 5) is 50.9. The van der Waals surface area contributed by atoms with E-state index in [0.717, 1.165) is 22.9 Å². The number of alkyl halides is 1. The lowest BCUT2D eigenvalue weighted by molar-refractivity contribution is -0.239. The van der Waals surface area contributed by atoms with Gasteiger partial charge in [-0.2, -0.15) is 0 Å². The maximum absolute atomic E-state index is 12.8. The zero-order valence-electron chi connectivity index (χ0n) is 21.3. The molecule has 8 N–H and O–H groups in total. The SMILES string of the molecule is NC(=O)[C@H](O[C@H]1OC(C(=O)Nc2ccc(CCF)cc2)=C[C@H](O)[C@@H]1O)[C@H]1O[C@@H](n2ccc(=O)[nH]c2=O)[C@H](O)[C@@H]1CO. The monoisotopic (exact) mass is 580 g/mol. The number of hydrogen-bond donors (Lipinski definition) is 7. The summed E-state index contributed by atoms with van der Waals surface area (Å²) < 4.78 is 30.0. The van der Waals surface area contributed by atoms with E-state index in [2.05, 4.69) is 5.32 Å². The van der Waals surface area contributed by atoms with Crippen molar-refractivity contribution in [2.75, 3.05) is 18.6 Å². The summed E-state index contributed by atoms with van der Waals surface area (Å²) >= 11 is 0. The Labute approximate surface area is 230 Å². The Kier molecular flexibility index (Phi) is 9.31. The molecule has 0 spiro atoms. The molecule has 1 aromatic heterocycles. The van der Waals surface area contributed by atoms with Crippen LogP contribution >= 0.6 is 0 Å². The van der Waals surface area contributed by atoms with Gasteiger partial charge < -0.3 is 45.7 Å². The molecule has 2 aliphatic rings. The fourth-order valence-electron chi connectivity index (χ4n) is 4.51. The van der Waals surface area contributed by atoms with Crippen LogP contribution in [0.25, 0.3) is 0 Å². The zero-order chi connectivity index (χ0) is 29.8. The second kappa shape index (κ2) is 12.7. The second-order valence-electron chi connectivity index (χ2n) is 9.39. The van der Waals surface area contributed by atoms with Gasteiger partial charge in [-0.25, -0.2) is 4.79 Å². The van der Waals surface area contributed by atoms with E-state index in [-0.39, 0.29) is 6.42 Å². The number of nitrogens with one attached hydrogen (secondary N) is 2. The molecule has 0 saturated carbocycles. The van der Waals surface area contributed by atoms with Crippen LogP contribution < -0.4 is 22.3 Å². The van der Waals surface area contributed by atoms with Crippen LogP contribution in [-0.4, -0.2) is 91.9 Å². The summed E-state index contributed by atoms with van der Waals surface area (Å²) in [5.41, 5.74) is 4.87. The molecule has 1 aromatic carbocycles. The van der Waals surface area contributed by atoms with Gasteiger partial charge in [0.2, 0.25) is 12.2 Å². The fourth-order valence-corrected chi connectivity index (χ4v) is 4.51. The quantitative estimate of drug-likeness (QED) is 0.154. The summed E-state index contributed by atoms with van der Waals surface area (Å²) in [6, 6.07) is 7.25. The molecule has 2 amide bonds. The van der Waals surface area contributed by atoms with E-state index in [1.54, 1.807) is 12.1 Å². The van der Waals surface area contributed by atoms with Crippen molar-refractivity contribution in [3.05, 3.63) is 74.8 Å². The number of rotatable bonds is 10. The minimum absolute atomic E-state index is 0.202. The number of aliphatic hydroxyl groups is 4. The van der Waals surface area contributed by atoms with Crippen LogP contribution in [0.2, 0.25) is 0 Å². The average molecular weight is 581 g/mol. The van der Waals surface area contributed by atoms with Crippen molar-refractivity contribution in [2.45, 2.75) is 49.5 Å². The van der Waals surface area contributed by atoms with Crippen molar-refractivity contribution in [3.63, 3.8) is 0 Å². The molecule has 1 saturated heterocycles. The molecule has 2 aromatic rings. The van der Waals surface area contributed by atoms with E-state index in [0.29, 0.717) is 11.3 Å². The van der Waals surface area contributed by atoms with Gasteiger partial charge in [0.1, 0.15) is 24.4 Å². The van der Waals surface area contributed by atoms with Gasteiger partial charge in [0.25, 0.3) is 11.5 Å². The molecular formula is C25H29FN4O11. The molecule has 41 heavy (non-hydrogen) atoms. The molecular weight excluding hydrogens is 551 g/mol. The topological polar surface area (TPSA) is 236 Å². The van der Waals surface area contributed by atoms with Crippen LogP contribution in [-0.2, 0) is 30.2 Å². The Balaban J connectivity index is 1.52. The lowest BCUT2D eigenvalue weighted by Gasteiger charge is -2.35. The first-order chi connectivity index (χ1) is 19.5. The second-order valence-corrected chi connectivity index (χ2v) is 9.39. The predicted molar refractivity (Wildman–Crippen MR) is 136 cm³/mol. The molecule has 3 heterocycles. The van der Waals surface area contributed by atoms with Gasteiger partial charge >= 0.3 is 5.69 Å². The smallest absolute Gasteiger partial charge is 0.330 e. The molecule has 16 heteroatoms. The van der Waals surface area contributed by atoms with Crippen molar-refractivity contribution < 1.29 is 48.6 Å². The van der Waals surface area contributed by atoms with Crippen LogP contribution in [0.5, 0.6) is 0 Å². The normalized spacial score (nSPS) is 28.4. The maximum atomic E-state index is 12.8. The largest absolute Gasteiger partial charge is 0.456 e. The Morgan fingerprint density at radius 2 is 1.85 bits per heavy atom. The predicted octanol–water partition coefficient (Wildman–Crippen LogP) is -2.61. The maximum Gasteiger partial charge on any atom is 0.330 e. The highest BCUT2D eigenvalue weighted by Crippen LogP contribution is 2.36. The lowest BCUT2D eigenvalue weighted by Crippen LogP contribution is -2.52. The van der Waals surface area contributed by atoms with Gasteiger partial charge in [-0.05, 0) is 23.8 Å². The number of carbonyl (C=O) groups is 2. The number of aliphatic hydroxyl groups excluding tert-OH is 4. The highest BCUT2D eigenvalue weighted by Gasteiger charge is 2.51. The minimum Gasteiger partial charge on any atom is -0.456 e. The van der Waals surface area contributed by atoms with Crippen molar-refractivity contribution in [1.29, 1.82) is 0 Å². The summed E-state index contributed by atoms with van der Waals surface area (Å²) in [6.07, 6.45) is -9.59. The molecule has 0 radical (unpaired) electrons. The Morgan fingerprint density at radius 3 is 2.46 bits per heavy atom. The lowest BCUT2D eigenvalue weighted by atomic mass is 9.94. The molecule has 0 bridgehead atoms. The number of ether oxygens (including phenoxy) is 3. The highest BCUT2D eigenvalue weighted by atomic mass is 19.1. The summed E-state index contributed by atoms with van der Waals surface area (Å²) in [7, 11) is 0. The third-order valence-electron chi connectivity index (χ3n) is 6.66. The summed E-state index contributed by atoms with van der Waals surface area (Å²) in [6.45, 7) is -1.31. The number of aryl methyl sites for hydroxylation is 1. The van der Waals surface area contributed by atoms with Gasteiger partial charge in [0.15, 0.2) is 18.1 Å². The van der Waals surface area contributed by atoms with Gasteiger partial charge in [0.05, 0.1) is 13.3 Å². The number of amides is 2. The highest BCUT2D eigenvalue weighted by molar-refractivity contribution is 6.02. The number of hydrogen-bond acceptors (Lipinski definition) is 11. The molecule has 0 unspecified atom stereocenters. The van der Waals surface area contributed by atoms with E-state index in [1.807, 2.05) is 4.98 Å². The average Bonchev–Trinajstić information content (AvgIpc) is 3.25. The fraction of sp³-hybridized carbons (Fsp3) is 0.440. The number of halogens is 1. The number of aromatic amines is 1. The van der Waals surface area contributed by atoms with Gasteiger partial charge in [-0.3, -0.25) is 28.3 Å². The first-order valence-corrected chi connectivity index (χ1v) is 12.5. The van der Waals surface area contributed by atoms with Gasteiger partial charge in [-0.1, -0.05) is 12.1 Å². The van der Waals surface area contributed by atoms with Crippen LogP contribution in [0.3, 0.4) is 0 Å². The number of anilines is 1. The Hall–Kier alpha value is -3.93. The zero-order valence-corrected chi connectivity index (χ0v) is 21.3. The van der Waals surface area contributed by atoms with Crippen molar-refractivity contribution >= 4 is 17.5 Å². The van der Waals surface area contributed by atoms with E-state index < -0.39 is 91.1 Å². The van der Waals surface area contributed by atoms with E-state index in [4.69, 9.17) is 19.9 Å². The van der Waals surface area contributed by atoms with E-state index in [1.165, 1.54) is 12.1 Å². The molecule has 15 nitrogen and oxygen atoms in total. The van der Waals surface area contributed by atoms with Crippen molar-refractivity contribution in [2.24, 2.45) is 11.7 Å². The molecule has 8 atom stereocenters. The number of benzene rings is 1. The van der Waals surface area contributed by atoms with Gasteiger partial charge in [-0.15, -0.1) is 0 Å². The molecule has 4 rings (SSSR count). The van der Waals surface area contributed by atoms with E-state index in [9.17, 15) is 44.0 Å². The third-order valence-corrected chi connectivity index (χ3v) is 6.66. The minimum atomic E-state index is -1.85. The Bertz CT molecular complexity index is 1390. The number of primary amides is 1. The number of nitrogens with two attached hydrogens (primary N) is 1. The third kappa shape index (κ3) is 6.53. The molecule has 0 aliphatic carbocycles. The first-order valence-electron chi connectivity index (χ1n) is 12.5. The first kappa shape index (κ1) is 30.0. The number of nitrogens with zero attached hydrogens (tertiary/aromatic N) is 1. The van der Waals surface area contributed by atoms with Crippen LogP contribution in [0, 0.1) is 5.92 Å².